The molecular formula is C17H18ClN3O3. The van der Waals surface area contributed by atoms with E-state index in [2.05, 4.69) is 10.3 Å². The standard InChI is InChI=1S/C17H18ClN3O3/c1-17(2,8-14(19)23)21-16(24)15-13(22)7-11(9-20-15)10-4-3-5-12(18)6-10/h3-7,9,22H,8H2,1-2H3,(H2,19,23)(H,21,24). The molecule has 0 aliphatic heterocycles. The van der Waals surface area contributed by atoms with Crippen molar-refractivity contribution >= 4 is 23.4 Å². The maximum Gasteiger partial charge on any atom is 0.274 e. The quantitative estimate of drug-likeness (QED) is 0.772. The van der Waals surface area contributed by atoms with Gasteiger partial charge in [-0.2, -0.15) is 0 Å². The summed E-state index contributed by atoms with van der Waals surface area (Å²) in [5.41, 5.74) is 5.58. The first-order chi connectivity index (χ1) is 11.2. The molecule has 4 N–H and O–H groups in total. The summed E-state index contributed by atoms with van der Waals surface area (Å²) in [6.45, 7) is 3.32. The molecule has 0 radical (unpaired) electrons. The highest BCUT2D eigenvalue weighted by Gasteiger charge is 2.25. The van der Waals surface area contributed by atoms with Crippen molar-refractivity contribution in [2.75, 3.05) is 0 Å². The van der Waals surface area contributed by atoms with E-state index in [0.29, 0.717) is 10.6 Å². The van der Waals surface area contributed by atoms with Gasteiger partial charge in [-0.1, -0.05) is 23.7 Å². The Morgan fingerprint density at radius 3 is 2.58 bits per heavy atom. The molecule has 7 heteroatoms. The predicted octanol–water partition coefficient (Wildman–Crippen LogP) is 2.49. The first kappa shape index (κ1) is 17.7. The SMILES string of the molecule is CC(C)(CC(N)=O)NC(=O)c1ncc(-c2cccc(Cl)c2)cc1O. The van der Waals surface area contributed by atoms with Crippen molar-refractivity contribution < 1.29 is 14.7 Å². The Balaban J connectivity index is 2.23. The van der Waals surface area contributed by atoms with Crippen LogP contribution in [0.15, 0.2) is 36.5 Å². The lowest BCUT2D eigenvalue weighted by Gasteiger charge is -2.24. The molecule has 2 aromatic rings. The van der Waals surface area contributed by atoms with E-state index in [0.717, 1.165) is 5.56 Å². The number of hydrogen-bond donors (Lipinski definition) is 3. The summed E-state index contributed by atoms with van der Waals surface area (Å²) in [6.07, 6.45) is 1.45. The second-order valence-electron chi connectivity index (χ2n) is 6.08. The highest BCUT2D eigenvalue weighted by Crippen LogP contribution is 2.27. The molecule has 0 saturated heterocycles. The Labute approximate surface area is 144 Å². The fourth-order valence-electron chi connectivity index (χ4n) is 2.30. The molecule has 1 aromatic heterocycles. The van der Waals surface area contributed by atoms with E-state index in [-0.39, 0.29) is 17.9 Å². The number of nitrogens with one attached hydrogen (secondary N) is 1. The maximum atomic E-state index is 12.3. The topological polar surface area (TPSA) is 105 Å². The molecule has 0 unspecified atom stereocenters. The predicted molar refractivity (Wildman–Crippen MR) is 91.7 cm³/mol. The number of amides is 2. The zero-order chi connectivity index (χ0) is 17.9. The summed E-state index contributed by atoms with van der Waals surface area (Å²) in [4.78, 5) is 27.3. The van der Waals surface area contributed by atoms with Crippen LogP contribution in [0.2, 0.25) is 5.02 Å². The van der Waals surface area contributed by atoms with Gasteiger partial charge in [0.25, 0.3) is 5.91 Å². The van der Waals surface area contributed by atoms with Crippen LogP contribution < -0.4 is 11.1 Å². The Morgan fingerprint density at radius 1 is 1.29 bits per heavy atom. The van der Waals surface area contributed by atoms with E-state index in [4.69, 9.17) is 17.3 Å². The first-order valence-electron chi connectivity index (χ1n) is 7.24. The van der Waals surface area contributed by atoms with Crippen LogP contribution in [0.3, 0.4) is 0 Å². The number of nitrogens with zero attached hydrogens (tertiary/aromatic N) is 1. The van der Waals surface area contributed by atoms with Gasteiger partial charge < -0.3 is 16.2 Å². The fourth-order valence-corrected chi connectivity index (χ4v) is 2.49. The summed E-state index contributed by atoms with van der Waals surface area (Å²) in [6, 6.07) is 8.50. The zero-order valence-electron chi connectivity index (χ0n) is 13.3. The molecule has 24 heavy (non-hydrogen) atoms. The Kier molecular flexibility index (Phi) is 5.09. The second kappa shape index (κ2) is 6.88. The summed E-state index contributed by atoms with van der Waals surface area (Å²) in [5, 5.41) is 13.3. The number of hydrogen-bond acceptors (Lipinski definition) is 4. The summed E-state index contributed by atoms with van der Waals surface area (Å²) >= 11 is 5.95. The van der Waals surface area contributed by atoms with Crippen LogP contribution in [-0.2, 0) is 4.79 Å². The molecule has 126 valence electrons. The highest BCUT2D eigenvalue weighted by atomic mass is 35.5. The van der Waals surface area contributed by atoms with Crippen molar-refractivity contribution in [2.45, 2.75) is 25.8 Å². The number of primary amides is 1. The second-order valence-corrected chi connectivity index (χ2v) is 6.52. The average molecular weight is 348 g/mol. The monoisotopic (exact) mass is 347 g/mol. The van der Waals surface area contributed by atoms with Gasteiger partial charge in [-0.05, 0) is 37.6 Å². The van der Waals surface area contributed by atoms with Crippen molar-refractivity contribution in [1.82, 2.24) is 10.3 Å². The van der Waals surface area contributed by atoms with Crippen LogP contribution >= 0.6 is 11.6 Å². The van der Waals surface area contributed by atoms with Crippen LogP contribution in [0, 0.1) is 0 Å². The van der Waals surface area contributed by atoms with Crippen molar-refractivity contribution in [3.05, 3.63) is 47.2 Å². The minimum atomic E-state index is -0.845. The third-order valence-electron chi connectivity index (χ3n) is 3.31. The minimum Gasteiger partial charge on any atom is -0.505 e. The molecule has 2 rings (SSSR count). The maximum absolute atomic E-state index is 12.3. The molecule has 0 atom stereocenters. The Bertz CT molecular complexity index is 790. The van der Waals surface area contributed by atoms with Crippen LogP contribution in [0.4, 0.5) is 0 Å². The van der Waals surface area contributed by atoms with Gasteiger partial charge in [0.2, 0.25) is 5.91 Å². The number of rotatable bonds is 5. The average Bonchev–Trinajstić information content (AvgIpc) is 2.44. The number of aromatic hydroxyl groups is 1. The molecule has 6 nitrogen and oxygen atoms in total. The van der Waals surface area contributed by atoms with Crippen molar-refractivity contribution in [2.24, 2.45) is 5.73 Å². The van der Waals surface area contributed by atoms with Crippen LogP contribution in [0.5, 0.6) is 5.75 Å². The third kappa shape index (κ3) is 4.45. The van der Waals surface area contributed by atoms with Gasteiger partial charge in [0.1, 0.15) is 5.75 Å². The van der Waals surface area contributed by atoms with Gasteiger partial charge in [0, 0.05) is 28.7 Å². The van der Waals surface area contributed by atoms with Crippen molar-refractivity contribution in [3.63, 3.8) is 0 Å². The van der Waals surface area contributed by atoms with Gasteiger partial charge in [-0.15, -0.1) is 0 Å². The Hall–Kier alpha value is -2.60. The van der Waals surface area contributed by atoms with Crippen LogP contribution in [-0.4, -0.2) is 27.4 Å². The molecule has 1 heterocycles. The van der Waals surface area contributed by atoms with Gasteiger partial charge in [-0.3, -0.25) is 9.59 Å². The van der Waals surface area contributed by atoms with Crippen LogP contribution in [0.25, 0.3) is 11.1 Å². The molecule has 1 aromatic carbocycles. The lowest BCUT2D eigenvalue weighted by molar-refractivity contribution is -0.119. The number of carbonyl (C=O) groups is 2. The fraction of sp³-hybridized carbons (Fsp3) is 0.235. The number of benzene rings is 1. The highest BCUT2D eigenvalue weighted by molar-refractivity contribution is 6.30. The molecule has 2 amide bonds. The smallest absolute Gasteiger partial charge is 0.274 e. The van der Waals surface area contributed by atoms with E-state index in [9.17, 15) is 14.7 Å². The van der Waals surface area contributed by atoms with E-state index in [1.165, 1.54) is 12.3 Å². The number of halogens is 1. The number of nitrogens with two attached hydrogens (primary N) is 1. The number of pyridine rings is 1. The van der Waals surface area contributed by atoms with E-state index in [1.807, 2.05) is 6.07 Å². The largest absolute Gasteiger partial charge is 0.505 e. The summed E-state index contributed by atoms with van der Waals surface area (Å²) in [7, 11) is 0. The van der Waals surface area contributed by atoms with Gasteiger partial charge in [0.15, 0.2) is 5.69 Å². The number of aromatic nitrogens is 1. The lowest BCUT2D eigenvalue weighted by atomic mass is 10.00. The zero-order valence-corrected chi connectivity index (χ0v) is 14.1. The Morgan fingerprint density at radius 2 is 2.00 bits per heavy atom. The van der Waals surface area contributed by atoms with Crippen molar-refractivity contribution in [1.29, 1.82) is 0 Å². The van der Waals surface area contributed by atoms with E-state index in [1.54, 1.807) is 32.0 Å². The van der Waals surface area contributed by atoms with Gasteiger partial charge in [0.05, 0.1) is 0 Å². The summed E-state index contributed by atoms with van der Waals surface area (Å²) in [5.74, 6) is -1.38. The number of carbonyl (C=O) groups excluding carboxylic acids is 2. The third-order valence-corrected chi connectivity index (χ3v) is 3.54. The molecule has 0 fully saturated rings. The normalized spacial score (nSPS) is 11.1. The molecule has 0 bridgehead atoms. The minimum absolute atomic E-state index is 0.0277. The molecular weight excluding hydrogens is 330 g/mol. The van der Waals surface area contributed by atoms with Crippen molar-refractivity contribution in [3.8, 4) is 16.9 Å². The van der Waals surface area contributed by atoms with Gasteiger partial charge in [-0.25, -0.2) is 4.98 Å². The van der Waals surface area contributed by atoms with Crippen LogP contribution in [0.1, 0.15) is 30.8 Å². The molecule has 0 aliphatic carbocycles. The van der Waals surface area contributed by atoms with Gasteiger partial charge >= 0.3 is 0 Å². The molecule has 0 saturated carbocycles. The van der Waals surface area contributed by atoms with E-state index >= 15 is 0 Å². The summed E-state index contributed by atoms with van der Waals surface area (Å²) < 4.78 is 0. The van der Waals surface area contributed by atoms with E-state index < -0.39 is 17.4 Å². The lowest BCUT2D eigenvalue weighted by Crippen LogP contribution is -2.46. The molecule has 0 aliphatic rings. The first-order valence-corrected chi connectivity index (χ1v) is 7.61. The molecule has 0 spiro atoms.